The second-order valence-electron chi connectivity index (χ2n) is 8.91. The summed E-state index contributed by atoms with van der Waals surface area (Å²) in [7, 11) is 0. The van der Waals surface area contributed by atoms with Gasteiger partial charge in [0.1, 0.15) is 11.7 Å². The Morgan fingerprint density at radius 2 is 2.09 bits per heavy atom. The molecule has 1 aliphatic heterocycles. The standard InChI is InChI=1S/C20H30O3/c1-6-20(5,22)16-12-14-13(17(21)23-16)8-9-15-18(2,3)10-7-11-19(14,15)4/h6,8,14-16,22H,1,7,9-12H2,2-5H3/t14-,15-,16+,19+,20+/m0/s1. The van der Waals surface area contributed by atoms with E-state index < -0.39 is 11.7 Å². The third-order valence-corrected chi connectivity index (χ3v) is 7.02. The van der Waals surface area contributed by atoms with E-state index in [1.165, 1.54) is 18.9 Å². The molecule has 0 aromatic rings. The fourth-order valence-corrected chi connectivity index (χ4v) is 5.48. The van der Waals surface area contributed by atoms with Gasteiger partial charge in [-0.3, -0.25) is 0 Å². The molecule has 0 amide bonds. The van der Waals surface area contributed by atoms with Crippen LogP contribution in [-0.2, 0) is 9.53 Å². The molecule has 0 aromatic carbocycles. The molecular weight excluding hydrogens is 288 g/mol. The summed E-state index contributed by atoms with van der Waals surface area (Å²) in [5.41, 5.74) is 0.0833. The first-order valence-electron chi connectivity index (χ1n) is 8.89. The summed E-state index contributed by atoms with van der Waals surface area (Å²) in [4.78, 5) is 12.5. The Morgan fingerprint density at radius 1 is 1.39 bits per heavy atom. The molecule has 0 spiro atoms. The van der Waals surface area contributed by atoms with Crippen molar-refractivity contribution in [3.8, 4) is 0 Å². The summed E-state index contributed by atoms with van der Waals surface area (Å²) in [5, 5.41) is 10.5. The molecule has 1 saturated heterocycles. The molecule has 23 heavy (non-hydrogen) atoms. The largest absolute Gasteiger partial charge is 0.456 e. The van der Waals surface area contributed by atoms with E-state index in [0.717, 1.165) is 18.4 Å². The van der Waals surface area contributed by atoms with Crippen LogP contribution in [0.5, 0.6) is 0 Å². The average Bonchev–Trinajstić information content (AvgIpc) is 2.46. The van der Waals surface area contributed by atoms with Crippen LogP contribution in [0.4, 0.5) is 0 Å². The second-order valence-corrected chi connectivity index (χ2v) is 8.91. The third kappa shape index (κ3) is 2.48. The minimum atomic E-state index is -1.17. The molecular formula is C20H30O3. The Morgan fingerprint density at radius 3 is 2.74 bits per heavy atom. The molecule has 128 valence electrons. The summed E-state index contributed by atoms with van der Waals surface area (Å²) in [6.07, 6.45) is 8.38. The molecule has 3 rings (SSSR count). The Kier molecular flexibility index (Phi) is 3.79. The van der Waals surface area contributed by atoms with Crippen molar-refractivity contribution in [1.82, 2.24) is 0 Å². The number of allylic oxidation sites excluding steroid dienone is 1. The van der Waals surface area contributed by atoms with E-state index in [0.29, 0.717) is 17.8 Å². The van der Waals surface area contributed by atoms with E-state index in [2.05, 4.69) is 33.4 Å². The lowest BCUT2D eigenvalue weighted by Crippen LogP contribution is -2.55. The molecule has 0 unspecified atom stereocenters. The number of aliphatic hydroxyl groups is 1. The molecule has 3 aliphatic rings. The smallest absolute Gasteiger partial charge is 0.334 e. The Balaban J connectivity index is 1.99. The summed E-state index contributed by atoms with van der Waals surface area (Å²) in [6.45, 7) is 12.5. The zero-order valence-corrected chi connectivity index (χ0v) is 14.9. The minimum absolute atomic E-state index is 0.112. The fraction of sp³-hybridized carbons (Fsp3) is 0.750. The average molecular weight is 318 g/mol. The van der Waals surface area contributed by atoms with Gasteiger partial charge in [0.05, 0.1) is 0 Å². The van der Waals surface area contributed by atoms with Crippen LogP contribution in [0.3, 0.4) is 0 Å². The molecule has 1 heterocycles. The van der Waals surface area contributed by atoms with Gasteiger partial charge in [-0.25, -0.2) is 4.79 Å². The number of carbonyl (C=O) groups excluding carboxylic acids is 1. The number of cyclic esters (lactones) is 1. The first kappa shape index (κ1) is 16.8. The minimum Gasteiger partial charge on any atom is -0.456 e. The van der Waals surface area contributed by atoms with Gasteiger partial charge in [-0.1, -0.05) is 39.3 Å². The van der Waals surface area contributed by atoms with Crippen LogP contribution >= 0.6 is 0 Å². The topological polar surface area (TPSA) is 46.5 Å². The Labute approximate surface area is 139 Å². The summed E-state index contributed by atoms with van der Waals surface area (Å²) < 4.78 is 5.56. The first-order valence-corrected chi connectivity index (χ1v) is 8.89. The van der Waals surface area contributed by atoms with Gasteiger partial charge >= 0.3 is 5.97 Å². The fourth-order valence-electron chi connectivity index (χ4n) is 5.48. The van der Waals surface area contributed by atoms with E-state index in [-0.39, 0.29) is 17.3 Å². The van der Waals surface area contributed by atoms with Gasteiger partial charge in [0.2, 0.25) is 0 Å². The van der Waals surface area contributed by atoms with Gasteiger partial charge in [0, 0.05) is 11.5 Å². The number of hydrogen-bond donors (Lipinski definition) is 1. The summed E-state index contributed by atoms with van der Waals surface area (Å²) >= 11 is 0. The van der Waals surface area contributed by atoms with Gasteiger partial charge in [-0.2, -0.15) is 0 Å². The van der Waals surface area contributed by atoms with Crippen molar-refractivity contribution in [1.29, 1.82) is 0 Å². The molecule has 0 aromatic heterocycles. The third-order valence-electron chi connectivity index (χ3n) is 7.02. The quantitative estimate of drug-likeness (QED) is 0.618. The van der Waals surface area contributed by atoms with Crippen LogP contribution in [0.15, 0.2) is 24.3 Å². The lowest BCUT2D eigenvalue weighted by atomic mass is 9.47. The van der Waals surface area contributed by atoms with Gasteiger partial charge in [-0.05, 0) is 49.4 Å². The monoisotopic (exact) mass is 318 g/mol. The predicted molar refractivity (Wildman–Crippen MR) is 90.7 cm³/mol. The van der Waals surface area contributed by atoms with Gasteiger partial charge in [0.25, 0.3) is 0 Å². The van der Waals surface area contributed by atoms with Gasteiger partial charge < -0.3 is 9.84 Å². The molecule has 0 radical (unpaired) electrons. The highest BCUT2D eigenvalue weighted by Gasteiger charge is 2.56. The van der Waals surface area contributed by atoms with E-state index in [4.69, 9.17) is 4.74 Å². The highest BCUT2D eigenvalue weighted by atomic mass is 16.6. The van der Waals surface area contributed by atoms with Crippen molar-refractivity contribution in [2.24, 2.45) is 22.7 Å². The van der Waals surface area contributed by atoms with Crippen LogP contribution in [0.2, 0.25) is 0 Å². The van der Waals surface area contributed by atoms with Crippen molar-refractivity contribution in [3.63, 3.8) is 0 Å². The summed E-state index contributed by atoms with van der Waals surface area (Å²) in [5.74, 6) is 0.521. The molecule has 3 heteroatoms. The summed E-state index contributed by atoms with van der Waals surface area (Å²) in [6, 6.07) is 0. The SMILES string of the molecule is C=C[C@@](C)(O)[C@H]1C[C@H]2C(=CC[C@H]3C(C)(C)CCC[C@]23C)C(=O)O1. The van der Waals surface area contributed by atoms with Crippen LogP contribution in [0, 0.1) is 22.7 Å². The lowest BCUT2D eigenvalue weighted by molar-refractivity contribution is -0.170. The maximum atomic E-state index is 12.5. The number of rotatable bonds is 2. The Hall–Kier alpha value is -1.09. The zero-order chi connectivity index (χ0) is 17.0. The van der Waals surface area contributed by atoms with Gasteiger partial charge in [0.15, 0.2) is 0 Å². The molecule has 0 bridgehead atoms. The normalized spacial score (nSPS) is 41.7. The Bertz CT molecular complexity index is 557. The van der Waals surface area contributed by atoms with Crippen LogP contribution in [0.25, 0.3) is 0 Å². The van der Waals surface area contributed by atoms with Crippen LogP contribution < -0.4 is 0 Å². The first-order chi connectivity index (χ1) is 10.6. The maximum Gasteiger partial charge on any atom is 0.334 e. The molecule has 2 fully saturated rings. The molecule has 3 nitrogen and oxygen atoms in total. The van der Waals surface area contributed by atoms with Crippen molar-refractivity contribution >= 4 is 5.97 Å². The van der Waals surface area contributed by atoms with Crippen LogP contribution in [0.1, 0.15) is 59.8 Å². The predicted octanol–water partition coefficient (Wildman–Crippen LogP) is 4.02. The highest BCUT2D eigenvalue weighted by Crippen LogP contribution is 2.61. The van der Waals surface area contributed by atoms with E-state index in [1.807, 2.05) is 0 Å². The van der Waals surface area contributed by atoms with Crippen molar-refractivity contribution in [2.45, 2.75) is 71.5 Å². The number of ether oxygens (including phenoxy) is 1. The number of hydrogen-bond acceptors (Lipinski definition) is 3. The van der Waals surface area contributed by atoms with E-state index in [1.54, 1.807) is 6.92 Å². The van der Waals surface area contributed by atoms with Crippen molar-refractivity contribution in [2.75, 3.05) is 0 Å². The number of fused-ring (bicyclic) bond motifs is 3. The molecule has 2 aliphatic carbocycles. The highest BCUT2D eigenvalue weighted by molar-refractivity contribution is 5.90. The zero-order valence-electron chi connectivity index (χ0n) is 14.9. The number of carbonyl (C=O) groups is 1. The maximum absolute atomic E-state index is 12.5. The molecule has 1 N–H and O–H groups in total. The second kappa shape index (κ2) is 5.20. The van der Waals surface area contributed by atoms with Crippen molar-refractivity contribution < 1.29 is 14.6 Å². The van der Waals surface area contributed by atoms with Crippen LogP contribution in [-0.4, -0.2) is 22.8 Å². The van der Waals surface area contributed by atoms with E-state index >= 15 is 0 Å². The van der Waals surface area contributed by atoms with Crippen molar-refractivity contribution in [3.05, 3.63) is 24.3 Å². The number of esters is 1. The van der Waals surface area contributed by atoms with Gasteiger partial charge in [-0.15, -0.1) is 6.58 Å². The van der Waals surface area contributed by atoms with E-state index in [9.17, 15) is 9.90 Å². The lowest BCUT2D eigenvalue weighted by Gasteiger charge is -2.58. The molecule has 5 atom stereocenters. The molecule has 1 saturated carbocycles.